The fourth-order valence-corrected chi connectivity index (χ4v) is 4.34. The average Bonchev–Trinajstić information content (AvgIpc) is 3.10. The lowest BCUT2D eigenvalue weighted by molar-refractivity contribution is -0.159. The normalized spacial score (nSPS) is 26.0. The Hall–Kier alpha value is -2.74. The summed E-state index contributed by atoms with van der Waals surface area (Å²) in [5.74, 6) is -2.96. The van der Waals surface area contributed by atoms with Crippen LogP contribution in [0.4, 0.5) is 9.59 Å². The number of phosphoric ester groups is 1. The summed E-state index contributed by atoms with van der Waals surface area (Å²) in [6.45, 7) is 6.03. The fourth-order valence-electron chi connectivity index (χ4n) is 2.83. The number of nitrogens with zero attached hydrogens (tertiary/aromatic N) is 1. The molecule has 15 nitrogen and oxygen atoms in total. The molecule has 0 aromatic rings. The maximum atomic E-state index is 12.8. The standard InChI is InChI=1S/C19H29N2O13P/c1-18(2,3)33-17(27)21-11(8-29-16(21)26)15(25)30-10-32-35(28)31-9-19(4,5)13(34-35)14(24)20-7-6-12(22)23/h11,13H,6-10H2,1-5H3,(H,20,24)(H,22,23)/t11-,13-,35?/m0/s1. The number of carboxylic acids is 1. The Morgan fingerprint density at radius 1 is 1.26 bits per heavy atom. The summed E-state index contributed by atoms with van der Waals surface area (Å²) in [6, 6.07) is -1.47. The zero-order valence-corrected chi connectivity index (χ0v) is 20.8. The van der Waals surface area contributed by atoms with E-state index in [4.69, 9.17) is 32.9 Å². The number of hydrogen-bond donors (Lipinski definition) is 2. The number of phosphoric acid groups is 1. The Kier molecular flexibility index (Phi) is 8.87. The number of esters is 1. The molecule has 2 N–H and O–H groups in total. The van der Waals surface area contributed by atoms with Crippen LogP contribution in [-0.2, 0) is 46.7 Å². The van der Waals surface area contributed by atoms with E-state index >= 15 is 0 Å². The summed E-state index contributed by atoms with van der Waals surface area (Å²) in [4.78, 5) is 60.0. The van der Waals surface area contributed by atoms with Gasteiger partial charge in [0.25, 0.3) is 0 Å². The number of aliphatic carboxylic acids is 1. The number of carbonyl (C=O) groups excluding carboxylic acids is 4. The molecular weight excluding hydrogens is 495 g/mol. The quantitative estimate of drug-likeness (QED) is 0.200. The average molecular weight is 524 g/mol. The topological polar surface area (TPSA) is 193 Å². The second-order valence-electron chi connectivity index (χ2n) is 9.28. The van der Waals surface area contributed by atoms with Gasteiger partial charge in [-0.3, -0.25) is 18.6 Å². The number of ether oxygens (including phenoxy) is 3. The van der Waals surface area contributed by atoms with Gasteiger partial charge in [0.15, 0.2) is 12.1 Å². The van der Waals surface area contributed by atoms with E-state index in [9.17, 15) is 28.5 Å². The molecule has 198 valence electrons. The maximum Gasteiger partial charge on any atom is 0.478 e. The summed E-state index contributed by atoms with van der Waals surface area (Å²) in [5.41, 5.74) is -1.90. The Morgan fingerprint density at radius 3 is 2.51 bits per heavy atom. The molecule has 0 aliphatic carbocycles. The number of hydrogen-bond acceptors (Lipinski definition) is 12. The largest absolute Gasteiger partial charge is 0.481 e. The molecule has 2 aliphatic rings. The molecule has 0 bridgehead atoms. The van der Waals surface area contributed by atoms with Gasteiger partial charge < -0.3 is 24.6 Å². The van der Waals surface area contributed by atoms with Crippen LogP contribution in [-0.4, -0.2) is 84.3 Å². The van der Waals surface area contributed by atoms with E-state index in [1.165, 1.54) is 0 Å². The lowest BCUT2D eigenvalue weighted by Gasteiger charge is -2.39. The van der Waals surface area contributed by atoms with Crippen molar-refractivity contribution in [1.82, 2.24) is 10.2 Å². The number of rotatable bonds is 8. The fraction of sp³-hybridized carbons (Fsp3) is 0.737. The highest BCUT2D eigenvalue weighted by Crippen LogP contribution is 2.57. The van der Waals surface area contributed by atoms with Crippen LogP contribution in [0.15, 0.2) is 0 Å². The molecule has 1 unspecified atom stereocenters. The molecule has 35 heavy (non-hydrogen) atoms. The Labute approximate surface area is 200 Å². The van der Waals surface area contributed by atoms with Gasteiger partial charge in [0.1, 0.15) is 12.2 Å². The minimum Gasteiger partial charge on any atom is -0.481 e. The highest BCUT2D eigenvalue weighted by atomic mass is 31.2. The lowest BCUT2D eigenvalue weighted by atomic mass is 9.87. The number of carboxylic acid groups (broad SMARTS) is 1. The first-order chi connectivity index (χ1) is 16.0. The van der Waals surface area contributed by atoms with Crippen molar-refractivity contribution >= 4 is 37.9 Å². The molecule has 3 atom stereocenters. The van der Waals surface area contributed by atoms with Crippen LogP contribution < -0.4 is 5.32 Å². The highest BCUT2D eigenvalue weighted by Gasteiger charge is 2.50. The number of carbonyl (C=O) groups is 5. The number of nitrogens with one attached hydrogen (secondary N) is 1. The predicted molar refractivity (Wildman–Crippen MR) is 113 cm³/mol. The van der Waals surface area contributed by atoms with Gasteiger partial charge in [0.2, 0.25) is 12.7 Å². The zero-order valence-electron chi connectivity index (χ0n) is 19.9. The van der Waals surface area contributed by atoms with Crippen LogP contribution in [0.3, 0.4) is 0 Å². The predicted octanol–water partition coefficient (Wildman–Crippen LogP) is 1.40. The third-order valence-corrected chi connectivity index (χ3v) is 5.90. The zero-order chi connectivity index (χ0) is 26.6. The molecule has 3 amide bonds. The number of imide groups is 1. The van der Waals surface area contributed by atoms with Gasteiger partial charge in [-0.2, -0.15) is 4.90 Å². The van der Waals surface area contributed by atoms with E-state index in [0.29, 0.717) is 4.90 Å². The van der Waals surface area contributed by atoms with Gasteiger partial charge in [0.05, 0.1) is 13.0 Å². The van der Waals surface area contributed by atoms with E-state index in [2.05, 4.69) is 5.32 Å². The minimum absolute atomic E-state index is 0.177. The first kappa shape index (κ1) is 28.5. The molecule has 0 saturated carbocycles. The van der Waals surface area contributed by atoms with Crippen molar-refractivity contribution < 1.29 is 61.4 Å². The van der Waals surface area contributed by atoms with Crippen LogP contribution in [0.1, 0.15) is 41.0 Å². The van der Waals surface area contributed by atoms with Crippen LogP contribution in [0.2, 0.25) is 0 Å². The van der Waals surface area contributed by atoms with Crippen molar-refractivity contribution in [2.75, 3.05) is 26.6 Å². The summed E-state index contributed by atoms with van der Waals surface area (Å²) in [7, 11) is -4.37. The van der Waals surface area contributed by atoms with Crippen molar-refractivity contribution in [1.29, 1.82) is 0 Å². The summed E-state index contributed by atoms with van der Waals surface area (Å²) >= 11 is 0. The molecule has 0 aromatic heterocycles. The van der Waals surface area contributed by atoms with E-state index in [1.807, 2.05) is 0 Å². The van der Waals surface area contributed by atoms with E-state index in [1.54, 1.807) is 34.6 Å². The second kappa shape index (κ2) is 10.9. The molecule has 2 heterocycles. The van der Waals surface area contributed by atoms with Crippen molar-refractivity contribution in [2.45, 2.75) is 58.8 Å². The molecule has 2 rings (SSSR count). The monoisotopic (exact) mass is 524 g/mol. The van der Waals surface area contributed by atoms with Gasteiger partial charge in [-0.25, -0.2) is 23.5 Å². The molecule has 0 radical (unpaired) electrons. The molecule has 0 spiro atoms. The van der Waals surface area contributed by atoms with Crippen LogP contribution in [0.25, 0.3) is 0 Å². The third-order valence-electron chi connectivity index (χ3n) is 4.56. The van der Waals surface area contributed by atoms with Gasteiger partial charge in [0, 0.05) is 12.0 Å². The van der Waals surface area contributed by atoms with Crippen molar-refractivity contribution in [3.8, 4) is 0 Å². The van der Waals surface area contributed by atoms with Crippen LogP contribution >= 0.6 is 7.82 Å². The van der Waals surface area contributed by atoms with Gasteiger partial charge in [-0.05, 0) is 20.8 Å². The summed E-state index contributed by atoms with van der Waals surface area (Å²) < 4.78 is 42.8. The van der Waals surface area contributed by atoms with Crippen molar-refractivity contribution in [3.05, 3.63) is 0 Å². The van der Waals surface area contributed by atoms with Crippen molar-refractivity contribution in [2.24, 2.45) is 5.41 Å². The Balaban J connectivity index is 1.95. The summed E-state index contributed by atoms with van der Waals surface area (Å²) in [6.07, 6.45) is -3.87. The van der Waals surface area contributed by atoms with E-state index < -0.39 is 74.4 Å². The van der Waals surface area contributed by atoms with Crippen LogP contribution in [0, 0.1) is 5.41 Å². The second-order valence-corrected chi connectivity index (χ2v) is 10.9. The van der Waals surface area contributed by atoms with E-state index in [0.717, 1.165) is 0 Å². The van der Waals surface area contributed by atoms with Crippen molar-refractivity contribution in [3.63, 3.8) is 0 Å². The maximum absolute atomic E-state index is 12.8. The molecule has 2 saturated heterocycles. The Bertz CT molecular complexity index is 913. The highest BCUT2D eigenvalue weighted by molar-refractivity contribution is 7.48. The number of amides is 3. The smallest absolute Gasteiger partial charge is 0.478 e. The van der Waals surface area contributed by atoms with Crippen LogP contribution in [0.5, 0.6) is 0 Å². The first-order valence-electron chi connectivity index (χ1n) is 10.5. The van der Waals surface area contributed by atoms with Gasteiger partial charge in [-0.15, -0.1) is 0 Å². The SMILES string of the molecule is CC(C)(C)OC(=O)N1C(=O)OC[C@H]1C(=O)OCOP1(=O)OCC(C)(C)[C@H](C(=O)NCCC(=O)O)O1. The van der Waals surface area contributed by atoms with E-state index in [-0.39, 0.29) is 19.6 Å². The molecule has 16 heteroatoms. The number of cyclic esters (lactones) is 1. The molecule has 2 fully saturated rings. The lowest BCUT2D eigenvalue weighted by Crippen LogP contribution is -2.50. The first-order valence-corrected chi connectivity index (χ1v) is 11.9. The molecular formula is C19H29N2O13P. The minimum atomic E-state index is -4.37. The third kappa shape index (κ3) is 7.88. The molecule has 0 aromatic carbocycles. The summed E-state index contributed by atoms with van der Waals surface area (Å²) in [5, 5.41) is 11.1. The van der Waals surface area contributed by atoms with Gasteiger partial charge >= 0.3 is 31.9 Å². The Morgan fingerprint density at radius 2 is 1.91 bits per heavy atom. The van der Waals surface area contributed by atoms with Gasteiger partial charge in [-0.1, -0.05) is 13.8 Å². The molecule has 2 aliphatic heterocycles.